The van der Waals surface area contributed by atoms with E-state index in [-0.39, 0.29) is 28.5 Å². The van der Waals surface area contributed by atoms with Gasteiger partial charge >= 0.3 is 0 Å². The molecular formula is C19H21N3O3S2. The number of hydrogen-bond donors (Lipinski definition) is 1. The minimum Gasteiger partial charge on any atom is -0.352 e. The normalized spacial score (nSPS) is 12.7. The highest BCUT2D eigenvalue weighted by Gasteiger charge is 2.29. The predicted molar refractivity (Wildman–Crippen MR) is 108 cm³/mol. The van der Waals surface area contributed by atoms with Gasteiger partial charge in [0.1, 0.15) is 6.54 Å². The summed E-state index contributed by atoms with van der Waals surface area (Å²) in [6.45, 7) is 3.52. The first kappa shape index (κ1) is 19.3. The van der Waals surface area contributed by atoms with Crippen LogP contribution >= 0.6 is 11.3 Å². The number of hydrogen-bond acceptors (Lipinski definition) is 5. The van der Waals surface area contributed by atoms with E-state index in [4.69, 9.17) is 0 Å². The van der Waals surface area contributed by atoms with E-state index < -0.39 is 10.0 Å². The molecule has 0 fully saturated rings. The molecule has 2 aromatic carbocycles. The van der Waals surface area contributed by atoms with Crippen LogP contribution < -0.4 is 9.62 Å². The number of rotatable bonds is 7. The predicted octanol–water partition coefficient (Wildman–Crippen LogP) is 3.41. The summed E-state index contributed by atoms with van der Waals surface area (Å²) in [6.07, 6.45) is 0.762. The molecule has 0 saturated heterocycles. The summed E-state index contributed by atoms with van der Waals surface area (Å²) in [5.41, 5.74) is 0.702. The van der Waals surface area contributed by atoms with Crippen molar-refractivity contribution in [2.24, 2.45) is 0 Å². The van der Waals surface area contributed by atoms with Crippen LogP contribution in [0.4, 0.5) is 5.13 Å². The summed E-state index contributed by atoms with van der Waals surface area (Å²) in [5.74, 6) is -0.358. The maximum atomic E-state index is 13.2. The Morgan fingerprint density at radius 1 is 1.15 bits per heavy atom. The first-order valence-electron chi connectivity index (χ1n) is 8.64. The van der Waals surface area contributed by atoms with Gasteiger partial charge in [-0.15, -0.1) is 0 Å². The summed E-state index contributed by atoms with van der Waals surface area (Å²) in [7, 11) is -3.92. The molecule has 0 unspecified atom stereocenters. The van der Waals surface area contributed by atoms with Gasteiger partial charge in [-0.1, -0.05) is 48.6 Å². The Kier molecular flexibility index (Phi) is 5.76. The molecule has 0 radical (unpaired) electrons. The lowest BCUT2D eigenvalue weighted by Crippen LogP contribution is -2.43. The number of thiazole rings is 1. The Bertz CT molecular complexity index is 1000. The van der Waals surface area contributed by atoms with Crippen molar-refractivity contribution < 1.29 is 13.2 Å². The summed E-state index contributed by atoms with van der Waals surface area (Å²) in [6, 6.07) is 15.5. The smallest absolute Gasteiger partial charge is 0.266 e. The molecular weight excluding hydrogens is 382 g/mol. The van der Waals surface area contributed by atoms with Crippen LogP contribution in [-0.2, 0) is 14.8 Å². The lowest BCUT2D eigenvalue weighted by Gasteiger charge is -2.22. The molecule has 0 bridgehead atoms. The lowest BCUT2D eigenvalue weighted by molar-refractivity contribution is -0.120. The molecule has 142 valence electrons. The van der Waals surface area contributed by atoms with Crippen molar-refractivity contribution in [3.8, 4) is 0 Å². The van der Waals surface area contributed by atoms with E-state index in [1.165, 1.54) is 23.5 Å². The van der Waals surface area contributed by atoms with Crippen molar-refractivity contribution in [2.75, 3.05) is 10.8 Å². The minimum atomic E-state index is -3.92. The summed E-state index contributed by atoms with van der Waals surface area (Å²) >= 11 is 1.25. The van der Waals surface area contributed by atoms with Crippen molar-refractivity contribution in [3.63, 3.8) is 0 Å². The molecule has 1 atom stereocenters. The summed E-state index contributed by atoms with van der Waals surface area (Å²) in [5, 5.41) is 3.10. The van der Waals surface area contributed by atoms with Crippen molar-refractivity contribution in [3.05, 3.63) is 54.6 Å². The Labute approximate surface area is 162 Å². The number of para-hydroxylation sites is 1. The van der Waals surface area contributed by atoms with Crippen LogP contribution in [0.3, 0.4) is 0 Å². The zero-order valence-corrected chi connectivity index (χ0v) is 16.8. The largest absolute Gasteiger partial charge is 0.352 e. The van der Waals surface area contributed by atoms with Gasteiger partial charge in [0.25, 0.3) is 10.0 Å². The van der Waals surface area contributed by atoms with Crippen LogP contribution in [0.5, 0.6) is 0 Å². The summed E-state index contributed by atoms with van der Waals surface area (Å²) < 4.78 is 28.4. The highest BCUT2D eigenvalue weighted by Crippen LogP contribution is 2.32. The molecule has 0 aliphatic heterocycles. The SMILES string of the molecule is CC[C@H](C)NC(=O)CN(c1nc2ccccc2s1)S(=O)(=O)c1ccccc1. The Morgan fingerprint density at radius 2 is 1.81 bits per heavy atom. The Hall–Kier alpha value is -2.45. The van der Waals surface area contributed by atoms with Gasteiger partial charge in [0.2, 0.25) is 11.0 Å². The summed E-state index contributed by atoms with van der Waals surface area (Å²) in [4.78, 5) is 17.0. The number of carbonyl (C=O) groups is 1. The molecule has 0 spiro atoms. The second-order valence-corrected chi connectivity index (χ2v) is 9.04. The molecule has 0 aliphatic carbocycles. The Morgan fingerprint density at radius 3 is 2.48 bits per heavy atom. The Balaban J connectivity index is 2.02. The molecule has 1 amide bonds. The number of aromatic nitrogens is 1. The fourth-order valence-electron chi connectivity index (χ4n) is 2.49. The van der Waals surface area contributed by atoms with Crippen molar-refractivity contribution >= 4 is 42.6 Å². The molecule has 27 heavy (non-hydrogen) atoms. The molecule has 0 aliphatic rings. The number of nitrogens with one attached hydrogen (secondary N) is 1. The van der Waals surface area contributed by atoms with E-state index in [0.29, 0.717) is 5.52 Å². The van der Waals surface area contributed by atoms with E-state index in [1.807, 2.05) is 38.1 Å². The van der Waals surface area contributed by atoms with Gasteiger partial charge in [0.15, 0.2) is 0 Å². The second-order valence-electron chi connectivity index (χ2n) is 6.17. The van der Waals surface area contributed by atoms with E-state index in [1.54, 1.807) is 18.2 Å². The highest BCUT2D eigenvalue weighted by atomic mass is 32.2. The van der Waals surface area contributed by atoms with Gasteiger partial charge in [0.05, 0.1) is 15.1 Å². The minimum absolute atomic E-state index is 0.0332. The van der Waals surface area contributed by atoms with Crippen LogP contribution in [-0.4, -0.2) is 31.9 Å². The topological polar surface area (TPSA) is 79.4 Å². The van der Waals surface area contributed by atoms with Crippen LogP contribution in [0.25, 0.3) is 10.2 Å². The number of carbonyl (C=O) groups excluding carboxylic acids is 1. The van der Waals surface area contributed by atoms with Gasteiger partial charge in [-0.25, -0.2) is 17.7 Å². The molecule has 6 nitrogen and oxygen atoms in total. The van der Waals surface area contributed by atoms with Crippen LogP contribution in [0.2, 0.25) is 0 Å². The van der Waals surface area contributed by atoms with Crippen LogP contribution in [0.15, 0.2) is 59.5 Å². The monoisotopic (exact) mass is 403 g/mol. The molecule has 3 rings (SSSR count). The lowest BCUT2D eigenvalue weighted by atomic mass is 10.2. The number of benzene rings is 2. The second kappa shape index (κ2) is 8.06. The number of amides is 1. The van der Waals surface area contributed by atoms with Crippen LogP contribution in [0, 0.1) is 0 Å². The van der Waals surface area contributed by atoms with Gasteiger partial charge < -0.3 is 5.32 Å². The van der Waals surface area contributed by atoms with Gasteiger partial charge in [-0.05, 0) is 37.6 Å². The maximum Gasteiger partial charge on any atom is 0.266 e. The number of sulfonamides is 1. The van der Waals surface area contributed by atoms with Gasteiger partial charge in [-0.3, -0.25) is 4.79 Å². The van der Waals surface area contributed by atoms with E-state index >= 15 is 0 Å². The molecule has 3 aromatic rings. The van der Waals surface area contributed by atoms with Crippen LogP contribution in [0.1, 0.15) is 20.3 Å². The third-order valence-corrected chi connectivity index (χ3v) is 7.06. The third-order valence-electron chi connectivity index (χ3n) is 4.13. The zero-order chi connectivity index (χ0) is 19.4. The van der Waals surface area contributed by atoms with Crippen molar-refractivity contribution in [1.82, 2.24) is 10.3 Å². The molecule has 8 heteroatoms. The standard InChI is InChI=1S/C19H21N3O3S2/c1-3-14(2)20-18(23)13-22(27(24,25)15-9-5-4-6-10-15)19-21-16-11-7-8-12-17(16)26-19/h4-12,14H,3,13H2,1-2H3,(H,20,23)/t14-/m0/s1. The first-order valence-corrected chi connectivity index (χ1v) is 10.9. The van der Waals surface area contributed by atoms with Crippen molar-refractivity contribution in [2.45, 2.75) is 31.2 Å². The number of nitrogens with zero attached hydrogens (tertiary/aromatic N) is 2. The molecule has 0 saturated carbocycles. The van der Waals surface area contributed by atoms with E-state index in [9.17, 15) is 13.2 Å². The maximum absolute atomic E-state index is 13.2. The quantitative estimate of drug-likeness (QED) is 0.656. The van der Waals surface area contributed by atoms with Gasteiger partial charge in [0, 0.05) is 6.04 Å². The molecule has 1 N–H and O–H groups in total. The van der Waals surface area contributed by atoms with Gasteiger partial charge in [-0.2, -0.15) is 0 Å². The highest BCUT2D eigenvalue weighted by molar-refractivity contribution is 7.93. The molecule has 1 heterocycles. The van der Waals surface area contributed by atoms with Crippen molar-refractivity contribution in [1.29, 1.82) is 0 Å². The average molecular weight is 404 g/mol. The fourth-order valence-corrected chi connectivity index (χ4v) is 5.06. The van der Waals surface area contributed by atoms with E-state index in [2.05, 4.69) is 10.3 Å². The van der Waals surface area contributed by atoms with E-state index in [0.717, 1.165) is 15.4 Å². The number of fused-ring (bicyclic) bond motifs is 1. The molecule has 1 aromatic heterocycles. The number of anilines is 1. The zero-order valence-electron chi connectivity index (χ0n) is 15.1. The first-order chi connectivity index (χ1) is 12.9. The third kappa shape index (κ3) is 4.28. The average Bonchev–Trinajstić information content (AvgIpc) is 3.10. The fraction of sp³-hybridized carbons (Fsp3) is 0.263.